The first-order valence-electron chi connectivity index (χ1n) is 8.31. The summed E-state index contributed by atoms with van der Waals surface area (Å²) in [5, 5.41) is 8.99. The number of likely N-dealkylation sites (tertiary alicyclic amines) is 1. The van der Waals surface area contributed by atoms with Gasteiger partial charge in [-0.1, -0.05) is 17.7 Å². The van der Waals surface area contributed by atoms with Crippen LogP contribution in [0.2, 0.25) is 0 Å². The van der Waals surface area contributed by atoms with Crippen molar-refractivity contribution in [3.05, 3.63) is 29.8 Å². The third-order valence-corrected chi connectivity index (χ3v) is 5.38. The summed E-state index contributed by atoms with van der Waals surface area (Å²) < 4.78 is 0. The molecule has 1 aliphatic rings. The molecule has 0 aromatic heterocycles. The van der Waals surface area contributed by atoms with Gasteiger partial charge in [-0.2, -0.15) is 0 Å². The number of rotatable bonds is 6. The first-order chi connectivity index (χ1) is 11.9. The van der Waals surface area contributed by atoms with Crippen LogP contribution in [0.1, 0.15) is 18.4 Å². The zero-order valence-electron chi connectivity index (χ0n) is 14.6. The highest BCUT2D eigenvalue weighted by Crippen LogP contribution is 2.19. The smallest absolute Gasteiger partial charge is 0.306 e. The van der Waals surface area contributed by atoms with Gasteiger partial charge in [0.25, 0.3) is 0 Å². The fourth-order valence-corrected chi connectivity index (χ4v) is 3.50. The lowest BCUT2D eigenvalue weighted by Gasteiger charge is -2.31. The Morgan fingerprint density at radius 2 is 1.80 bits per heavy atom. The summed E-state index contributed by atoms with van der Waals surface area (Å²) >= 11 is 1.45. The average molecular weight is 364 g/mol. The number of benzene rings is 1. The Labute approximate surface area is 152 Å². The van der Waals surface area contributed by atoms with Crippen LogP contribution in [-0.2, 0) is 14.4 Å². The van der Waals surface area contributed by atoms with E-state index in [2.05, 4.69) is 0 Å². The molecule has 0 aliphatic carbocycles. The van der Waals surface area contributed by atoms with Crippen LogP contribution in [0.5, 0.6) is 0 Å². The molecule has 1 aromatic carbocycles. The molecule has 136 valence electrons. The number of carboxylic acid groups (broad SMARTS) is 1. The van der Waals surface area contributed by atoms with Crippen LogP contribution < -0.4 is 0 Å². The van der Waals surface area contributed by atoms with Gasteiger partial charge >= 0.3 is 5.97 Å². The predicted octanol–water partition coefficient (Wildman–Crippen LogP) is 1.87. The fourth-order valence-electron chi connectivity index (χ4n) is 2.66. The minimum Gasteiger partial charge on any atom is -0.481 e. The van der Waals surface area contributed by atoms with E-state index in [-0.39, 0.29) is 30.0 Å². The highest BCUT2D eigenvalue weighted by Gasteiger charge is 2.27. The molecule has 0 atom stereocenters. The average Bonchev–Trinajstić information content (AvgIpc) is 2.60. The Kier molecular flexibility index (Phi) is 6.87. The molecule has 25 heavy (non-hydrogen) atoms. The van der Waals surface area contributed by atoms with Crippen molar-refractivity contribution >= 4 is 29.5 Å². The van der Waals surface area contributed by atoms with Gasteiger partial charge in [-0.25, -0.2) is 0 Å². The molecule has 0 saturated carbocycles. The molecule has 1 fully saturated rings. The van der Waals surface area contributed by atoms with E-state index in [1.54, 1.807) is 11.9 Å². The summed E-state index contributed by atoms with van der Waals surface area (Å²) in [7, 11) is 1.62. The predicted molar refractivity (Wildman–Crippen MR) is 96.5 cm³/mol. The molecule has 0 radical (unpaired) electrons. The van der Waals surface area contributed by atoms with Gasteiger partial charge in [-0.05, 0) is 31.9 Å². The number of carbonyl (C=O) groups excluding carboxylic acids is 2. The van der Waals surface area contributed by atoms with Gasteiger partial charge in [0, 0.05) is 25.0 Å². The van der Waals surface area contributed by atoms with E-state index in [0.29, 0.717) is 25.9 Å². The molecule has 0 bridgehead atoms. The molecule has 2 rings (SSSR count). The molecule has 0 spiro atoms. The Hall–Kier alpha value is -2.02. The molecule has 1 aromatic rings. The summed E-state index contributed by atoms with van der Waals surface area (Å²) in [6.07, 6.45) is 0.948. The number of carbonyl (C=O) groups is 3. The second-order valence-corrected chi connectivity index (χ2v) is 7.39. The maximum Gasteiger partial charge on any atom is 0.306 e. The zero-order valence-corrected chi connectivity index (χ0v) is 15.4. The van der Waals surface area contributed by atoms with Gasteiger partial charge < -0.3 is 14.9 Å². The first kappa shape index (κ1) is 19.3. The van der Waals surface area contributed by atoms with Crippen molar-refractivity contribution in [3.8, 4) is 0 Å². The van der Waals surface area contributed by atoms with Crippen LogP contribution in [0.25, 0.3) is 0 Å². The number of likely N-dealkylation sites (N-methyl/N-ethyl adjacent to an activating group) is 1. The summed E-state index contributed by atoms with van der Waals surface area (Å²) in [6, 6.07) is 7.96. The lowest BCUT2D eigenvalue weighted by Crippen LogP contribution is -2.45. The molecule has 0 unspecified atom stereocenters. The quantitative estimate of drug-likeness (QED) is 0.780. The van der Waals surface area contributed by atoms with Crippen LogP contribution in [0, 0.1) is 12.8 Å². The van der Waals surface area contributed by atoms with Crippen molar-refractivity contribution in [2.24, 2.45) is 5.92 Å². The number of hydrogen-bond donors (Lipinski definition) is 1. The number of amides is 2. The largest absolute Gasteiger partial charge is 0.481 e. The minimum absolute atomic E-state index is 0.0328. The Balaban J connectivity index is 1.75. The van der Waals surface area contributed by atoms with E-state index >= 15 is 0 Å². The van der Waals surface area contributed by atoms with Crippen molar-refractivity contribution in [3.63, 3.8) is 0 Å². The number of hydrogen-bond acceptors (Lipinski definition) is 4. The van der Waals surface area contributed by atoms with Gasteiger partial charge in [-0.15, -0.1) is 11.8 Å². The molecular weight excluding hydrogens is 340 g/mol. The van der Waals surface area contributed by atoms with Crippen molar-refractivity contribution < 1.29 is 19.5 Å². The van der Waals surface area contributed by atoms with E-state index in [1.165, 1.54) is 22.2 Å². The number of nitrogens with zero attached hydrogens (tertiary/aromatic N) is 2. The van der Waals surface area contributed by atoms with Gasteiger partial charge in [-0.3, -0.25) is 14.4 Å². The van der Waals surface area contributed by atoms with Gasteiger partial charge in [0.1, 0.15) is 0 Å². The third-order valence-electron chi connectivity index (χ3n) is 4.38. The summed E-state index contributed by atoms with van der Waals surface area (Å²) in [5.74, 6) is -1.10. The maximum atomic E-state index is 12.3. The lowest BCUT2D eigenvalue weighted by atomic mass is 9.97. The number of carboxylic acids is 1. The third kappa shape index (κ3) is 5.77. The summed E-state index contributed by atoms with van der Waals surface area (Å²) in [6.45, 7) is 2.93. The Morgan fingerprint density at radius 3 is 2.36 bits per heavy atom. The van der Waals surface area contributed by atoms with Crippen molar-refractivity contribution in [1.29, 1.82) is 0 Å². The standard InChI is InChI=1S/C18H24N2O4S/c1-13-3-5-15(6-4-13)25-12-17(22)19(2)11-16(21)20-9-7-14(8-10-20)18(23)24/h3-6,14H,7-12H2,1-2H3,(H,23,24). The summed E-state index contributed by atoms with van der Waals surface area (Å²) in [4.78, 5) is 39.5. The molecule has 1 heterocycles. The molecule has 1 aliphatic heterocycles. The highest BCUT2D eigenvalue weighted by atomic mass is 32.2. The number of piperidine rings is 1. The van der Waals surface area contributed by atoms with E-state index in [1.807, 2.05) is 31.2 Å². The SMILES string of the molecule is Cc1ccc(SCC(=O)N(C)CC(=O)N2CCC(C(=O)O)CC2)cc1. The maximum absolute atomic E-state index is 12.3. The van der Waals surface area contributed by atoms with Crippen LogP contribution in [0.15, 0.2) is 29.2 Å². The fraction of sp³-hybridized carbons (Fsp3) is 0.500. The molecule has 1 saturated heterocycles. The molecule has 7 heteroatoms. The Morgan fingerprint density at radius 1 is 1.20 bits per heavy atom. The molecule has 6 nitrogen and oxygen atoms in total. The Bertz CT molecular complexity index is 624. The minimum atomic E-state index is -0.799. The van der Waals surface area contributed by atoms with Crippen LogP contribution in [-0.4, -0.2) is 65.1 Å². The van der Waals surface area contributed by atoms with Crippen LogP contribution in [0.4, 0.5) is 0 Å². The van der Waals surface area contributed by atoms with Crippen molar-refractivity contribution in [2.45, 2.75) is 24.7 Å². The zero-order chi connectivity index (χ0) is 18.4. The molecule has 2 amide bonds. The van der Waals surface area contributed by atoms with Crippen molar-refractivity contribution in [1.82, 2.24) is 9.80 Å². The van der Waals surface area contributed by atoms with Gasteiger partial charge in [0.05, 0.1) is 18.2 Å². The normalized spacial score (nSPS) is 15.0. The van der Waals surface area contributed by atoms with E-state index < -0.39 is 5.97 Å². The van der Waals surface area contributed by atoms with Crippen LogP contribution in [0.3, 0.4) is 0 Å². The van der Waals surface area contributed by atoms with E-state index in [4.69, 9.17) is 5.11 Å². The van der Waals surface area contributed by atoms with Crippen LogP contribution >= 0.6 is 11.8 Å². The lowest BCUT2D eigenvalue weighted by molar-refractivity contribution is -0.146. The van der Waals surface area contributed by atoms with Gasteiger partial charge in [0.15, 0.2) is 0 Å². The number of aliphatic carboxylic acids is 1. The second kappa shape index (κ2) is 8.89. The summed E-state index contributed by atoms with van der Waals surface area (Å²) in [5.41, 5.74) is 1.17. The highest BCUT2D eigenvalue weighted by molar-refractivity contribution is 8.00. The van der Waals surface area contributed by atoms with E-state index in [9.17, 15) is 14.4 Å². The topological polar surface area (TPSA) is 77.9 Å². The molecular formula is C18H24N2O4S. The first-order valence-corrected chi connectivity index (χ1v) is 9.29. The molecule has 1 N–H and O–H groups in total. The van der Waals surface area contributed by atoms with Gasteiger partial charge in [0.2, 0.25) is 11.8 Å². The monoisotopic (exact) mass is 364 g/mol. The number of aryl methyl sites for hydroxylation is 1. The second-order valence-electron chi connectivity index (χ2n) is 6.34. The van der Waals surface area contributed by atoms with Crippen molar-refractivity contribution in [2.75, 3.05) is 32.4 Å². The van der Waals surface area contributed by atoms with E-state index in [0.717, 1.165) is 4.90 Å². The number of thioether (sulfide) groups is 1.